The minimum absolute atomic E-state index is 0.103. The van der Waals surface area contributed by atoms with Crippen molar-refractivity contribution in [1.29, 1.82) is 0 Å². The summed E-state index contributed by atoms with van der Waals surface area (Å²) in [6.07, 6.45) is 3.18. The Hall–Kier alpha value is -1.39. The minimum Gasteiger partial charge on any atom is -0.313 e. The van der Waals surface area contributed by atoms with E-state index >= 15 is 0 Å². The molecular weight excluding hydrogens is 241 g/mol. The molecule has 1 aromatic heterocycles. The molecule has 17 heavy (non-hydrogen) atoms. The van der Waals surface area contributed by atoms with Gasteiger partial charge in [-0.3, -0.25) is 0 Å². The smallest absolute Gasteiger partial charge is 0.130 e. The molecule has 1 heterocycles. The van der Waals surface area contributed by atoms with E-state index < -0.39 is 0 Å². The van der Waals surface area contributed by atoms with Crippen molar-refractivity contribution >= 4 is 11.6 Å². The van der Waals surface area contributed by atoms with Crippen LogP contribution < -0.4 is 5.32 Å². The van der Waals surface area contributed by atoms with Crippen molar-refractivity contribution in [2.45, 2.75) is 13.0 Å². The van der Waals surface area contributed by atoms with Gasteiger partial charge in [0.15, 0.2) is 0 Å². The lowest BCUT2D eigenvalue weighted by molar-refractivity contribution is 0.557. The van der Waals surface area contributed by atoms with E-state index in [-0.39, 0.29) is 11.9 Å². The van der Waals surface area contributed by atoms with E-state index in [1.165, 1.54) is 12.3 Å². The molecular formula is C12H13ClFN3. The Morgan fingerprint density at radius 3 is 2.82 bits per heavy atom. The molecule has 1 N–H and O–H groups in total. The highest BCUT2D eigenvalue weighted by Gasteiger charge is 2.15. The summed E-state index contributed by atoms with van der Waals surface area (Å²) in [6.45, 7) is 1.90. The zero-order valence-electron chi connectivity index (χ0n) is 9.61. The molecule has 0 amide bonds. The van der Waals surface area contributed by atoms with Gasteiger partial charge in [-0.25, -0.2) is 9.07 Å². The van der Waals surface area contributed by atoms with Crippen LogP contribution in [0.3, 0.4) is 0 Å². The number of halogens is 2. The number of nitrogens with zero attached hydrogens (tertiary/aromatic N) is 2. The monoisotopic (exact) mass is 253 g/mol. The predicted octanol–water partition coefficient (Wildman–Crippen LogP) is 2.95. The molecule has 2 aromatic rings. The molecule has 0 fully saturated rings. The van der Waals surface area contributed by atoms with Crippen molar-refractivity contribution < 1.29 is 4.39 Å². The normalized spacial score (nSPS) is 12.7. The molecule has 0 aliphatic carbocycles. The number of hydrogen-bond donors (Lipinski definition) is 1. The molecule has 90 valence electrons. The molecule has 0 bridgehead atoms. The van der Waals surface area contributed by atoms with Crippen molar-refractivity contribution in [3.63, 3.8) is 0 Å². The molecule has 5 heteroatoms. The summed E-state index contributed by atoms with van der Waals surface area (Å²) in [6, 6.07) is 4.81. The maximum atomic E-state index is 13.9. The van der Waals surface area contributed by atoms with Crippen LogP contribution in [-0.4, -0.2) is 16.8 Å². The molecule has 2 rings (SSSR count). The lowest BCUT2D eigenvalue weighted by Gasteiger charge is -2.16. The van der Waals surface area contributed by atoms with Gasteiger partial charge in [-0.05, 0) is 26.1 Å². The Balaban J connectivity index is 2.57. The summed E-state index contributed by atoms with van der Waals surface area (Å²) >= 11 is 5.82. The molecule has 0 saturated heterocycles. The first-order chi connectivity index (χ1) is 8.13. The first-order valence-electron chi connectivity index (χ1n) is 5.29. The Labute approximate surface area is 104 Å². The van der Waals surface area contributed by atoms with Gasteiger partial charge in [0.1, 0.15) is 5.82 Å². The van der Waals surface area contributed by atoms with E-state index in [0.29, 0.717) is 16.3 Å². The van der Waals surface area contributed by atoms with Gasteiger partial charge in [0.05, 0.1) is 16.9 Å². The van der Waals surface area contributed by atoms with E-state index in [2.05, 4.69) is 10.4 Å². The summed E-state index contributed by atoms with van der Waals surface area (Å²) in [5, 5.41) is 7.64. The van der Waals surface area contributed by atoms with Gasteiger partial charge >= 0.3 is 0 Å². The Morgan fingerprint density at radius 2 is 2.24 bits per heavy atom. The molecule has 1 aromatic carbocycles. The van der Waals surface area contributed by atoms with E-state index in [1.54, 1.807) is 24.0 Å². The maximum Gasteiger partial charge on any atom is 0.130 e. The lowest BCUT2D eigenvalue weighted by atomic mass is 10.1. The zero-order valence-corrected chi connectivity index (χ0v) is 10.4. The van der Waals surface area contributed by atoms with Crippen LogP contribution in [0.2, 0.25) is 5.02 Å². The van der Waals surface area contributed by atoms with E-state index in [4.69, 9.17) is 11.6 Å². The SMILES string of the molecule is CNC(C)c1c(F)cccc1-n1cc(Cl)cn1. The third kappa shape index (κ3) is 2.33. The summed E-state index contributed by atoms with van der Waals surface area (Å²) in [4.78, 5) is 0. The van der Waals surface area contributed by atoms with Gasteiger partial charge in [0, 0.05) is 17.8 Å². The van der Waals surface area contributed by atoms with Gasteiger partial charge < -0.3 is 5.32 Å². The average molecular weight is 254 g/mol. The topological polar surface area (TPSA) is 29.9 Å². The molecule has 0 aliphatic heterocycles. The standard InChI is InChI=1S/C12H13ClFN3/c1-8(15-2)12-10(14)4-3-5-11(12)17-7-9(13)6-16-17/h3-8,15H,1-2H3. The second-order valence-electron chi connectivity index (χ2n) is 3.79. The highest BCUT2D eigenvalue weighted by molar-refractivity contribution is 6.30. The van der Waals surface area contributed by atoms with Crippen LogP contribution in [0.15, 0.2) is 30.6 Å². The average Bonchev–Trinajstić information content (AvgIpc) is 2.74. The van der Waals surface area contributed by atoms with Gasteiger partial charge in [-0.15, -0.1) is 0 Å². The summed E-state index contributed by atoms with van der Waals surface area (Å²) in [7, 11) is 1.79. The maximum absolute atomic E-state index is 13.9. The predicted molar refractivity (Wildman–Crippen MR) is 66.0 cm³/mol. The fraction of sp³-hybridized carbons (Fsp3) is 0.250. The second kappa shape index (κ2) is 4.85. The molecule has 0 radical (unpaired) electrons. The number of nitrogens with one attached hydrogen (secondary N) is 1. The Morgan fingerprint density at radius 1 is 1.47 bits per heavy atom. The van der Waals surface area contributed by atoms with Crippen LogP contribution in [0.1, 0.15) is 18.5 Å². The molecule has 1 unspecified atom stereocenters. The van der Waals surface area contributed by atoms with Crippen molar-refractivity contribution in [1.82, 2.24) is 15.1 Å². The fourth-order valence-corrected chi connectivity index (χ4v) is 1.87. The lowest BCUT2D eigenvalue weighted by Crippen LogP contribution is -2.17. The molecule has 0 aliphatic rings. The fourth-order valence-electron chi connectivity index (χ4n) is 1.73. The zero-order chi connectivity index (χ0) is 12.4. The van der Waals surface area contributed by atoms with Crippen molar-refractivity contribution in [3.05, 3.63) is 47.0 Å². The molecule has 3 nitrogen and oxygen atoms in total. The van der Waals surface area contributed by atoms with Gasteiger partial charge in [0.25, 0.3) is 0 Å². The number of rotatable bonds is 3. The van der Waals surface area contributed by atoms with Crippen LogP contribution in [0.4, 0.5) is 4.39 Å². The van der Waals surface area contributed by atoms with Crippen LogP contribution in [0.25, 0.3) is 5.69 Å². The number of hydrogen-bond acceptors (Lipinski definition) is 2. The summed E-state index contributed by atoms with van der Waals surface area (Å²) in [5.74, 6) is -0.254. The summed E-state index contributed by atoms with van der Waals surface area (Å²) in [5.41, 5.74) is 1.27. The number of benzene rings is 1. The van der Waals surface area contributed by atoms with E-state index in [1.807, 2.05) is 13.0 Å². The summed E-state index contributed by atoms with van der Waals surface area (Å²) < 4.78 is 15.4. The minimum atomic E-state index is -0.254. The van der Waals surface area contributed by atoms with Crippen molar-refractivity contribution in [2.75, 3.05) is 7.05 Å². The first-order valence-corrected chi connectivity index (χ1v) is 5.67. The third-order valence-corrected chi connectivity index (χ3v) is 2.89. The second-order valence-corrected chi connectivity index (χ2v) is 4.22. The van der Waals surface area contributed by atoms with Gasteiger partial charge in [0.2, 0.25) is 0 Å². The molecule has 1 atom stereocenters. The van der Waals surface area contributed by atoms with Crippen molar-refractivity contribution in [3.8, 4) is 5.69 Å². The highest BCUT2D eigenvalue weighted by Crippen LogP contribution is 2.24. The highest BCUT2D eigenvalue weighted by atomic mass is 35.5. The van der Waals surface area contributed by atoms with Gasteiger partial charge in [-0.2, -0.15) is 5.10 Å². The Kier molecular flexibility index (Phi) is 3.45. The van der Waals surface area contributed by atoms with Crippen molar-refractivity contribution in [2.24, 2.45) is 0 Å². The molecule has 0 saturated carbocycles. The van der Waals surface area contributed by atoms with Gasteiger partial charge in [-0.1, -0.05) is 17.7 Å². The number of aromatic nitrogens is 2. The molecule has 0 spiro atoms. The van der Waals surface area contributed by atoms with Crippen LogP contribution in [0, 0.1) is 5.82 Å². The third-order valence-electron chi connectivity index (χ3n) is 2.69. The largest absolute Gasteiger partial charge is 0.313 e. The van der Waals surface area contributed by atoms with Crippen LogP contribution in [0.5, 0.6) is 0 Å². The van der Waals surface area contributed by atoms with E-state index in [9.17, 15) is 4.39 Å². The Bertz CT molecular complexity index is 524. The van der Waals surface area contributed by atoms with Crippen LogP contribution in [-0.2, 0) is 0 Å². The first kappa shape index (κ1) is 12.1. The van der Waals surface area contributed by atoms with Crippen LogP contribution >= 0.6 is 11.6 Å². The van der Waals surface area contributed by atoms with E-state index in [0.717, 1.165) is 0 Å². The quantitative estimate of drug-likeness (QED) is 0.912.